The second-order valence-electron chi connectivity index (χ2n) is 6.58. The summed E-state index contributed by atoms with van der Waals surface area (Å²) in [5.41, 5.74) is 2.65. The van der Waals surface area contributed by atoms with Gasteiger partial charge in [-0.2, -0.15) is 0 Å². The molecule has 28 heavy (non-hydrogen) atoms. The third kappa shape index (κ3) is 3.24. The fraction of sp³-hybridized carbons (Fsp3) is 0.227. The predicted molar refractivity (Wildman–Crippen MR) is 107 cm³/mol. The molecule has 0 saturated heterocycles. The van der Waals surface area contributed by atoms with Crippen molar-refractivity contribution in [1.29, 1.82) is 0 Å². The van der Waals surface area contributed by atoms with E-state index in [1.807, 2.05) is 34.5 Å². The van der Waals surface area contributed by atoms with Crippen LogP contribution < -0.4 is 9.47 Å². The minimum Gasteiger partial charge on any atom is -0.493 e. The quantitative estimate of drug-likeness (QED) is 0.641. The van der Waals surface area contributed by atoms with E-state index in [9.17, 15) is 9.18 Å². The normalized spacial score (nSPS) is 15.8. The monoisotopic (exact) mass is 397 g/mol. The van der Waals surface area contributed by atoms with E-state index >= 15 is 0 Å². The van der Waals surface area contributed by atoms with Crippen LogP contribution in [0.15, 0.2) is 53.9 Å². The Balaban J connectivity index is 1.81. The molecule has 1 amide bonds. The fourth-order valence-corrected chi connectivity index (χ4v) is 4.53. The van der Waals surface area contributed by atoms with Gasteiger partial charge in [0.05, 0.1) is 20.3 Å². The van der Waals surface area contributed by atoms with Gasteiger partial charge in [0.1, 0.15) is 5.82 Å². The average Bonchev–Trinajstić information content (AvgIpc) is 3.26. The molecular weight excluding hydrogens is 377 g/mol. The molecule has 4 rings (SSSR count). The Labute approximate surface area is 167 Å². The van der Waals surface area contributed by atoms with E-state index in [4.69, 9.17) is 9.47 Å². The molecule has 2 aromatic carbocycles. The zero-order chi connectivity index (χ0) is 19.7. The first kappa shape index (κ1) is 18.5. The lowest BCUT2D eigenvalue weighted by atomic mass is 9.90. The largest absolute Gasteiger partial charge is 0.493 e. The maximum Gasteiger partial charge on any atom is 0.254 e. The number of halogens is 1. The Morgan fingerprint density at radius 1 is 1.11 bits per heavy atom. The smallest absolute Gasteiger partial charge is 0.254 e. The number of thiophene rings is 1. The number of fused-ring (bicyclic) bond motifs is 1. The number of methoxy groups -OCH3 is 2. The second kappa shape index (κ2) is 7.64. The Bertz CT molecular complexity index is 986. The van der Waals surface area contributed by atoms with Crippen LogP contribution in [0.3, 0.4) is 0 Å². The van der Waals surface area contributed by atoms with Crippen molar-refractivity contribution < 1.29 is 18.7 Å². The highest BCUT2D eigenvalue weighted by Crippen LogP contribution is 2.42. The lowest BCUT2D eigenvalue weighted by Crippen LogP contribution is -2.40. The van der Waals surface area contributed by atoms with Crippen molar-refractivity contribution in [3.8, 4) is 11.5 Å². The van der Waals surface area contributed by atoms with E-state index in [2.05, 4.69) is 0 Å². The van der Waals surface area contributed by atoms with Gasteiger partial charge < -0.3 is 14.4 Å². The summed E-state index contributed by atoms with van der Waals surface area (Å²) in [6.45, 7) is 0.571. The predicted octanol–water partition coefficient (Wildman–Crippen LogP) is 4.69. The van der Waals surface area contributed by atoms with Gasteiger partial charge in [0.15, 0.2) is 11.5 Å². The Morgan fingerprint density at radius 3 is 2.46 bits per heavy atom. The molecule has 0 bridgehead atoms. The lowest BCUT2D eigenvalue weighted by molar-refractivity contribution is 0.0697. The highest BCUT2D eigenvalue weighted by Gasteiger charge is 2.34. The van der Waals surface area contributed by atoms with Gasteiger partial charge in [-0.25, -0.2) is 4.39 Å². The Kier molecular flexibility index (Phi) is 5.05. The Morgan fingerprint density at radius 2 is 1.82 bits per heavy atom. The van der Waals surface area contributed by atoms with Crippen LogP contribution in [-0.2, 0) is 6.42 Å². The molecule has 0 saturated carbocycles. The van der Waals surface area contributed by atoms with Crippen LogP contribution in [0.4, 0.5) is 4.39 Å². The van der Waals surface area contributed by atoms with Gasteiger partial charge in [0.2, 0.25) is 0 Å². The van der Waals surface area contributed by atoms with Crippen LogP contribution in [0.5, 0.6) is 11.5 Å². The van der Waals surface area contributed by atoms with Crippen molar-refractivity contribution in [1.82, 2.24) is 4.90 Å². The summed E-state index contributed by atoms with van der Waals surface area (Å²) in [7, 11) is 3.23. The first-order valence-corrected chi connectivity index (χ1v) is 9.85. The van der Waals surface area contributed by atoms with Crippen LogP contribution in [-0.4, -0.2) is 31.6 Å². The van der Waals surface area contributed by atoms with Crippen molar-refractivity contribution in [3.63, 3.8) is 0 Å². The maximum atomic E-state index is 13.3. The standard InChI is InChI=1S/C22H20FNO3S/c1-26-18-12-15-9-10-24(22(25)14-5-7-16(23)8-6-14)21(20-4-3-11-28-20)17(15)13-19(18)27-2/h3-8,11-13,21H,9-10H2,1-2H3/t21-/m0/s1. The number of hydrogen-bond donors (Lipinski definition) is 0. The number of ether oxygens (including phenoxy) is 2. The first-order valence-electron chi connectivity index (χ1n) is 8.97. The molecule has 6 heteroatoms. The molecule has 1 atom stereocenters. The summed E-state index contributed by atoms with van der Waals surface area (Å²) in [6.07, 6.45) is 0.713. The SMILES string of the molecule is COc1cc2c(cc1OC)[C@@H](c1cccs1)N(C(=O)c1ccc(F)cc1)CC2. The number of carbonyl (C=O) groups is 1. The van der Waals surface area contributed by atoms with Gasteiger partial charge in [-0.3, -0.25) is 4.79 Å². The fourth-order valence-electron chi connectivity index (χ4n) is 3.68. The van der Waals surface area contributed by atoms with Gasteiger partial charge in [-0.1, -0.05) is 6.07 Å². The molecule has 1 aliphatic heterocycles. The number of benzene rings is 2. The average molecular weight is 397 g/mol. The van der Waals surface area contributed by atoms with Gasteiger partial charge in [0.25, 0.3) is 5.91 Å². The summed E-state index contributed by atoms with van der Waals surface area (Å²) >= 11 is 1.61. The minimum atomic E-state index is -0.354. The Hall–Kier alpha value is -2.86. The molecule has 0 aliphatic carbocycles. The van der Waals surface area contributed by atoms with E-state index < -0.39 is 0 Å². The zero-order valence-corrected chi connectivity index (χ0v) is 16.5. The molecule has 0 unspecified atom stereocenters. The van der Waals surface area contributed by atoms with Crippen LogP contribution in [0.2, 0.25) is 0 Å². The maximum absolute atomic E-state index is 13.3. The summed E-state index contributed by atoms with van der Waals surface area (Å²) in [5, 5.41) is 2.00. The number of hydrogen-bond acceptors (Lipinski definition) is 4. The van der Waals surface area contributed by atoms with E-state index in [1.54, 1.807) is 25.6 Å². The molecule has 4 nitrogen and oxygen atoms in total. The molecule has 1 aliphatic rings. The highest BCUT2D eigenvalue weighted by atomic mass is 32.1. The van der Waals surface area contributed by atoms with Gasteiger partial charge in [-0.05, 0) is 65.4 Å². The highest BCUT2D eigenvalue weighted by molar-refractivity contribution is 7.10. The second-order valence-corrected chi connectivity index (χ2v) is 7.56. The molecule has 144 valence electrons. The zero-order valence-electron chi connectivity index (χ0n) is 15.6. The molecular formula is C22H20FNO3S. The van der Waals surface area contributed by atoms with E-state index in [-0.39, 0.29) is 17.8 Å². The van der Waals surface area contributed by atoms with Crippen LogP contribution in [0, 0.1) is 5.82 Å². The van der Waals surface area contributed by atoms with Crippen LogP contribution >= 0.6 is 11.3 Å². The molecule has 0 spiro atoms. The van der Waals surface area contributed by atoms with Gasteiger partial charge in [-0.15, -0.1) is 11.3 Å². The molecule has 2 heterocycles. The minimum absolute atomic E-state index is 0.112. The molecule has 3 aromatic rings. The number of amides is 1. The van der Waals surface area contributed by atoms with E-state index in [0.29, 0.717) is 30.0 Å². The van der Waals surface area contributed by atoms with Crippen molar-refractivity contribution in [2.75, 3.05) is 20.8 Å². The summed E-state index contributed by atoms with van der Waals surface area (Å²) in [6, 6.07) is 13.5. The van der Waals surface area contributed by atoms with Crippen molar-refractivity contribution in [2.45, 2.75) is 12.5 Å². The summed E-state index contributed by atoms with van der Waals surface area (Å²) in [4.78, 5) is 16.2. The first-order chi connectivity index (χ1) is 13.6. The third-order valence-corrected chi connectivity index (χ3v) is 5.96. The number of carbonyl (C=O) groups excluding carboxylic acids is 1. The summed E-state index contributed by atoms with van der Waals surface area (Å²) < 4.78 is 24.2. The van der Waals surface area contributed by atoms with Crippen LogP contribution in [0.25, 0.3) is 0 Å². The number of nitrogens with zero attached hydrogens (tertiary/aromatic N) is 1. The number of rotatable bonds is 4. The van der Waals surface area contributed by atoms with E-state index in [1.165, 1.54) is 24.3 Å². The molecule has 1 aromatic heterocycles. The van der Waals surface area contributed by atoms with Crippen LogP contribution in [0.1, 0.15) is 32.4 Å². The summed E-state index contributed by atoms with van der Waals surface area (Å²) in [5.74, 6) is 0.856. The molecule has 0 fully saturated rings. The van der Waals surface area contributed by atoms with Crippen molar-refractivity contribution in [2.24, 2.45) is 0 Å². The van der Waals surface area contributed by atoms with Crippen molar-refractivity contribution in [3.05, 3.63) is 81.3 Å². The third-order valence-electron chi connectivity index (χ3n) is 5.04. The lowest BCUT2D eigenvalue weighted by Gasteiger charge is -2.37. The van der Waals surface area contributed by atoms with Gasteiger partial charge >= 0.3 is 0 Å². The molecule has 0 N–H and O–H groups in total. The van der Waals surface area contributed by atoms with E-state index in [0.717, 1.165) is 16.0 Å². The van der Waals surface area contributed by atoms with Gasteiger partial charge in [0, 0.05) is 17.0 Å². The van der Waals surface area contributed by atoms with Crippen molar-refractivity contribution >= 4 is 17.2 Å². The topological polar surface area (TPSA) is 38.8 Å². The molecule has 0 radical (unpaired) electrons.